The number of benzene rings is 2. The van der Waals surface area contributed by atoms with Gasteiger partial charge < -0.3 is 9.64 Å². The van der Waals surface area contributed by atoms with Gasteiger partial charge in [0.1, 0.15) is 10.8 Å². The SMILES string of the molecule is CCOc1ccc(CN2CCN(c3cnn(-c4ccccc4)c(=O)c3Cl)CC2)cc1. The Morgan fingerprint density at radius 3 is 2.37 bits per heavy atom. The Bertz CT molecular complexity index is 1030. The van der Waals surface area contributed by atoms with Gasteiger partial charge in [0.05, 0.1) is 24.2 Å². The molecule has 0 aliphatic carbocycles. The fourth-order valence-corrected chi connectivity index (χ4v) is 3.91. The summed E-state index contributed by atoms with van der Waals surface area (Å²) < 4.78 is 6.85. The first kappa shape index (κ1) is 20.4. The lowest BCUT2D eigenvalue weighted by atomic mass is 10.2. The molecule has 1 fully saturated rings. The molecule has 1 aliphatic rings. The monoisotopic (exact) mass is 424 g/mol. The Balaban J connectivity index is 1.40. The minimum Gasteiger partial charge on any atom is -0.494 e. The van der Waals surface area contributed by atoms with E-state index in [0.29, 0.717) is 18.0 Å². The van der Waals surface area contributed by atoms with Crippen LogP contribution in [-0.4, -0.2) is 47.5 Å². The molecule has 0 amide bonds. The second kappa shape index (κ2) is 9.32. The largest absolute Gasteiger partial charge is 0.494 e. The van der Waals surface area contributed by atoms with Crippen LogP contribution in [0.1, 0.15) is 12.5 Å². The molecular formula is C23H25ClN4O2. The highest BCUT2D eigenvalue weighted by molar-refractivity contribution is 6.33. The van der Waals surface area contributed by atoms with E-state index in [1.807, 2.05) is 49.4 Å². The molecule has 6 nitrogen and oxygen atoms in total. The highest BCUT2D eigenvalue weighted by Gasteiger charge is 2.21. The predicted molar refractivity (Wildman–Crippen MR) is 120 cm³/mol. The van der Waals surface area contributed by atoms with E-state index in [1.165, 1.54) is 10.2 Å². The molecule has 0 N–H and O–H groups in total. The number of aromatic nitrogens is 2. The van der Waals surface area contributed by atoms with Crippen LogP contribution in [0.3, 0.4) is 0 Å². The number of hydrogen-bond donors (Lipinski definition) is 0. The first-order chi connectivity index (χ1) is 14.7. The van der Waals surface area contributed by atoms with E-state index in [4.69, 9.17) is 16.3 Å². The number of halogens is 1. The summed E-state index contributed by atoms with van der Waals surface area (Å²) in [5.74, 6) is 0.901. The predicted octanol–water partition coefficient (Wildman–Crippen LogP) is 3.61. The topological polar surface area (TPSA) is 50.6 Å². The summed E-state index contributed by atoms with van der Waals surface area (Å²) in [7, 11) is 0. The van der Waals surface area contributed by atoms with Crippen LogP contribution in [0.5, 0.6) is 5.75 Å². The Morgan fingerprint density at radius 1 is 1.00 bits per heavy atom. The van der Waals surface area contributed by atoms with E-state index in [1.54, 1.807) is 6.20 Å². The molecule has 2 heterocycles. The van der Waals surface area contributed by atoms with Crippen molar-refractivity contribution in [3.63, 3.8) is 0 Å². The van der Waals surface area contributed by atoms with Gasteiger partial charge in [0.25, 0.3) is 5.56 Å². The van der Waals surface area contributed by atoms with Gasteiger partial charge in [-0.3, -0.25) is 9.69 Å². The molecule has 0 radical (unpaired) electrons. The molecule has 0 atom stereocenters. The first-order valence-electron chi connectivity index (χ1n) is 10.2. The van der Waals surface area contributed by atoms with Crippen LogP contribution in [0.25, 0.3) is 5.69 Å². The lowest BCUT2D eigenvalue weighted by molar-refractivity contribution is 0.249. The molecular weight excluding hydrogens is 400 g/mol. The molecule has 1 aliphatic heterocycles. The van der Waals surface area contributed by atoms with Gasteiger partial charge in [-0.05, 0) is 36.8 Å². The average molecular weight is 425 g/mol. The van der Waals surface area contributed by atoms with Crippen molar-refractivity contribution in [2.24, 2.45) is 0 Å². The average Bonchev–Trinajstić information content (AvgIpc) is 2.78. The summed E-state index contributed by atoms with van der Waals surface area (Å²) in [4.78, 5) is 17.3. The van der Waals surface area contributed by atoms with Gasteiger partial charge in [0, 0.05) is 32.7 Å². The zero-order valence-electron chi connectivity index (χ0n) is 17.0. The summed E-state index contributed by atoms with van der Waals surface area (Å²) in [6.45, 7) is 6.94. The van der Waals surface area contributed by atoms with Crippen LogP contribution in [0.15, 0.2) is 65.6 Å². The third kappa shape index (κ3) is 4.50. The van der Waals surface area contributed by atoms with Crippen molar-refractivity contribution < 1.29 is 4.74 Å². The minimum absolute atomic E-state index is 0.216. The standard InChI is InChI=1S/C23H25ClN4O2/c1-2-30-20-10-8-18(9-11-20)17-26-12-14-27(15-13-26)21-16-25-28(23(29)22(21)24)19-6-4-3-5-7-19/h3-11,16H,2,12-15,17H2,1H3. The molecule has 3 aromatic rings. The van der Waals surface area contributed by atoms with Crippen LogP contribution in [0.4, 0.5) is 5.69 Å². The normalized spacial score (nSPS) is 14.7. The lowest BCUT2D eigenvalue weighted by Gasteiger charge is -2.36. The van der Waals surface area contributed by atoms with Gasteiger partial charge in [0.15, 0.2) is 0 Å². The maximum absolute atomic E-state index is 12.7. The molecule has 4 rings (SSSR count). The van der Waals surface area contributed by atoms with Crippen molar-refractivity contribution in [2.75, 3.05) is 37.7 Å². The molecule has 0 bridgehead atoms. The second-order valence-electron chi connectivity index (χ2n) is 7.24. The summed E-state index contributed by atoms with van der Waals surface area (Å²) in [6.07, 6.45) is 1.69. The highest BCUT2D eigenvalue weighted by Crippen LogP contribution is 2.23. The third-order valence-electron chi connectivity index (χ3n) is 5.25. The Morgan fingerprint density at radius 2 is 1.70 bits per heavy atom. The van der Waals surface area contributed by atoms with Gasteiger partial charge >= 0.3 is 0 Å². The maximum Gasteiger partial charge on any atom is 0.292 e. The number of rotatable bonds is 6. The fraction of sp³-hybridized carbons (Fsp3) is 0.304. The van der Waals surface area contributed by atoms with Gasteiger partial charge in [-0.25, -0.2) is 0 Å². The molecule has 2 aromatic carbocycles. The number of hydrogen-bond acceptors (Lipinski definition) is 5. The Kier molecular flexibility index (Phi) is 6.35. The molecule has 30 heavy (non-hydrogen) atoms. The van der Waals surface area contributed by atoms with Gasteiger partial charge in [-0.15, -0.1) is 0 Å². The number of para-hydroxylation sites is 1. The van der Waals surface area contributed by atoms with Crippen LogP contribution in [0.2, 0.25) is 5.02 Å². The zero-order chi connectivity index (χ0) is 20.9. The minimum atomic E-state index is -0.294. The number of piperazine rings is 1. The van der Waals surface area contributed by atoms with Crippen molar-refractivity contribution in [1.82, 2.24) is 14.7 Å². The van der Waals surface area contributed by atoms with Gasteiger partial charge in [-0.2, -0.15) is 9.78 Å². The van der Waals surface area contributed by atoms with E-state index < -0.39 is 0 Å². The molecule has 156 valence electrons. The van der Waals surface area contributed by atoms with Crippen molar-refractivity contribution in [1.29, 1.82) is 0 Å². The van der Waals surface area contributed by atoms with Crippen LogP contribution in [-0.2, 0) is 6.54 Å². The quantitative estimate of drug-likeness (QED) is 0.605. The molecule has 7 heteroatoms. The third-order valence-corrected chi connectivity index (χ3v) is 5.61. The Hall–Kier alpha value is -2.83. The van der Waals surface area contributed by atoms with Crippen molar-refractivity contribution in [2.45, 2.75) is 13.5 Å². The van der Waals surface area contributed by atoms with Crippen LogP contribution < -0.4 is 15.2 Å². The van der Waals surface area contributed by atoms with Gasteiger partial charge in [-0.1, -0.05) is 41.9 Å². The smallest absolute Gasteiger partial charge is 0.292 e. The van der Waals surface area contributed by atoms with Crippen molar-refractivity contribution in [3.05, 3.63) is 81.7 Å². The Labute approximate surface area is 181 Å². The molecule has 0 spiro atoms. The molecule has 1 aromatic heterocycles. The molecule has 1 saturated heterocycles. The lowest BCUT2D eigenvalue weighted by Crippen LogP contribution is -2.46. The summed E-state index contributed by atoms with van der Waals surface area (Å²) in [5, 5.41) is 4.56. The summed E-state index contributed by atoms with van der Waals surface area (Å²) >= 11 is 6.45. The fourth-order valence-electron chi connectivity index (χ4n) is 3.66. The van der Waals surface area contributed by atoms with Crippen molar-refractivity contribution >= 4 is 17.3 Å². The summed E-state index contributed by atoms with van der Waals surface area (Å²) in [6, 6.07) is 17.6. The van der Waals surface area contributed by atoms with Crippen LogP contribution in [0, 0.1) is 0 Å². The van der Waals surface area contributed by atoms with Gasteiger partial charge in [0.2, 0.25) is 0 Å². The highest BCUT2D eigenvalue weighted by atomic mass is 35.5. The number of ether oxygens (including phenoxy) is 1. The van der Waals surface area contributed by atoms with E-state index in [0.717, 1.165) is 38.5 Å². The van der Waals surface area contributed by atoms with Crippen LogP contribution >= 0.6 is 11.6 Å². The first-order valence-corrected chi connectivity index (χ1v) is 10.6. The molecule has 0 saturated carbocycles. The maximum atomic E-state index is 12.7. The van der Waals surface area contributed by atoms with E-state index in [2.05, 4.69) is 27.0 Å². The number of anilines is 1. The van der Waals surface area contributed by atoms with E-state index in [9.17, 15) is 4.79 Å². The van der Waals surface area contributed by atoms with Crippen molar-refractivity contribution in [3.8, 4) is 11.4 Å². The van der Waals surface area contributed by atoms with E-state index >= 15 is 0 Å². The zero-order valence-corrected chi connectivity index (χ0v) is 17.8. The summed E-state index contributed by atoms with van der Waals surface area (Å²) in [5.41, 5.74) is 2.37. The number of nitrogens with zero attached hydrogens (tertiary/aromatic N) is 4. The molecule has 0 unspecified atom stereocenters. The van der Waals surface area contributed by atoms with E-state index in [-0.39, 0.29) is 10.6 Å². The second-order valence-corrected chi connectivity index (χ2v) is 7.61.